The molecule has 1 atom stereocenters. The molecule has 0 bridgehead atoms. The van der Waals surface area contributed by atoms with Crippen molar-refractivity contribution in [3.05, 3.63) is 68.6 Å². The van der Waals surface area contributed by atoms with Crippen LogP contribution in [0.2, 0.25) is 0 Å². The van der Waals surface area contributed by atoms with Gasteiger partial charge in [0, 0.05) is 8.27 Å². The van der Waals surface area contributed by atoms with Gasteiger partial charge < -0.3 is 5.32 Å². The van der Waals surface area contributed by atoms with E-state index in [0.717, 1.165) is 0 Å². The van der Waals surface area contributed by atoms with E-state index in [9.17, 15) is 0 Å². The fraction of sp³-hybridized carbons (Fsp3) is 0.125. The molecule has 0 aliphatic carbocycles. The van der Waals surface area contributed by atoms with Crippen molar-refractivity contribution in [2.45, 2.75) is 6.04 Å². The molecule has 0 saturated heterocycles. The lowest BCUT2D eigenvalue weighted by Gasteiger charge is -2.16. The number of rotatable bonds is 3. The topological polar surface area (TPSA) is 12.0 Å². The summed E-state index contributed by atoms with van der Waals surface area (Å²) < 4.78 is 2.62. The maximum Gasteiger partial charge on any atom is 0.0589 e. The van der Waals surface area contributed by atoms with Crippen molar-refractivity contribution < 1.29 is 0 Å². The van der Waals surface area contributed by atoms with Crippen molar-refractivity contribution in [1.29, 1.82) is 0 Å². The Hall–Kier alpha value is -0.910. The zero-order chi connectivity index (χ0) is 13.2. The lowest BCUT2D eigenvalue weighted by atomic mass is 9.98. The number of fused-ring (bicyclic) bond motifs is 1. The first kappa shape index (κ1) is 13.1. The Kier molecular flexibility index (Phi) is 3.86. The third-order valence-electron chi connectivity index (χ3n) is 3.29. The van der Waals surface area contributed by atoms with Gasteiger partial charge in [0.05, 0.1) is 6.04 Å². The Balaban J connectivity index is 2.12. The Morgan fingerprint density at radius 2 is 1.95 bits per heavy atom. The second kappa shape index (κ2) is 5.61. The van der Waals surface area contributed by atoms with E-state index in [1.807, 2.05) is 18.4 Å². The summed E-state index contributed by atoms with van der Waals surface area (Å²) in [5.41, 5.74) is 2.68. The van der Waals surface area contributed by atoms with Crippen molar-refractivity contribution in [1.82, 2.24) is 5.32 Å². The molecule has 1 unspecified atom stereocenters. The van der Waals surface area contributed by atoms with Crippen LogP contribution in [0.25, 0.3) is 10.1 Å². The van der Waals surface area contributed by atoms with Crippen LogP contribution >= 0.6 is 33.9 Å². The SMILES string of the molecule is CNC(c1cccc(I)c1)c1csc2ccccc12. The van der Waals surface area contributed by atoms with E-state index >= 15 is 0 Å². The molecule has 0 radical (unpaired) electrons. The fourth-order valence-corrected chi connectivity index (χ4v) is 3.96. The van der Waals surface area contributed by atoms with Crippen LogP contribution < -0.4 is 5.32 Å². The zero-order valence-corrected chi connectivity index (χ0v) is 13.5. The first-order valence-corrected chi connectivity index (χ1v) is 8.14. The van der Waals surface area contributed by atoms with Gasteiger partial charge in [-0.05, 0) is 69.7 Å². The number of benzene rings is 2. The van der Waals surface area contributed by atoms with E-state index in [1.165, 1.54) is 24.8 Å². The molecular formula is C16H14INS. The van der Waals surface area contributed by atoms with Gasteiger partial charge >= 0.3 is 0 Å². The molecule has 3 rings (SSSR count). The average Bonchev–Trinajstić information content (AvgIpc) is 2.84. The van der Waals surface area contributed by atoms with E-state index in [0.29, 0.717) is 0 Å². The van der Waals surface area contributed by atoms with Crippen LogP contribution in [-0.4, -0.2) is 7.05 Å². The molecule has 0 fully saturated rings. The van der Waals surface area contributed by atoms with E-state index < -0.39 is 0 Å². The Morgan fingerprint density at radius 3 is 2.74 bits per heavy atom. The second-order valence-electron chi connectivity index (χ2n) is 4.46. The van der Waals surface area contributed by atoms with Crippen LogP contribution in [-0.2, 0) is 0 Å². The van der Waals surface area contributed by atoms with E-state index in [2.05, 4.69) is 81.8 Å². The van der Waals surface area contributed by atoms with Gasteiger partial charge in [-0.3, -0.25) is 0 Å². The van der Waals surface area contributed by atoms with Gasteiger partial charge in [0.1, 0.15) is 0 Å². The molecule has 3 heteroatoms. The second-order valence-corrected chi connectivity index (χ2v) is 6.62. The molecular weight excluding hydrogens is 365 g/mol. The summed E-state index contributed by atoms with van der Waals surface area (Å²) >= 11 is 4.18. The van der Waals surface area contributed by atoms with Gasteiger partial charge in [0.2, 0.25) is 0 Å². The highest BCUT2D eigenvalue weighted by Gasteiger charge is 2.16. The minimum Gasteiger partial charge on any atom is -0.309 e. The number of halogens is 1. The smallest absolute Gasteiger partial charge is 0.0589 e. The molecule has 1 heterocycles. The van der Waals surface area contributed by atoms with Crippen molar-refractivity contribution >= 4 is 44.0 Å². The molecule has 19 heavy (non-hydrogen) atoms. The van der Waals surface area contributed by atoms with Crippen LogP contribution in [0.1, 0.15) is 17.2 Å². The Bertz CT molecular complexity index is 705. The molecule has 0 aliphatic rings. The van der Waals surface area contributed by atoms with E-state index in [4.69, 9.17) is 0 Å². The van der Waals surface area contributed by atoms with Gasteiger partial charge in [0.25, 0.3) is 0 Å². The van der Waals surface area contributed by atoms with E-state index in [-0.39, 0.29) is 6.04 Å². The number of nitrogens with one attached hydrogen (secondary N) is 1. The fourth-order valence-electron chi connectivity index (χ4n) is 2.41. The van der Waals surface area contributed by atoms with Crippen LogP contribution in [0.4, 0.5) is 0 Å². The first-order chi connectivity index (χ1) is 9.29. The highest BCUT2D eigenvalue weighted by atomic mass is 127. The molecule has 0 saturated carbocycles. The van der Waals surface area contributed by atoms with Gasteiger partial charge in [0.15, 0.2) is 0 Å². The highest BCUT2D eigenvalue weighted by molar-refractivity contribution is 14.1. The van der Waals surface area contributed by atoms with Crippen molar-refractivity contribution in [2.24, 2.45) is 0 Å². The molecule has 1 nitrogen and oxygen atoms in total. The highest BCUT2D eigenvalue weighted by Crippen LogP contribution is 2.33. The summed E-state index contributed by atoms with van der Waals surface area (Å²) in [6.45, 7) is 0. The molecule has 3 aromatic rings. The lowest BCUT2D eigenvalue weighted by molar-refractivity contribution is 0.698. The van der Waals surface area contributed by atoms with Crippen molar-refractivity contribution in [3.8, 4) is 0 Å². The third kappa shape index (κ3) is 2.55. The molecule has 96 valence electrons. The van der Waals surface area contributed by atoms with Gasteiger partial charge in [-0.15, -0.1) is 11.3 Å². The summed E-state index contributed by atoms with van der Waals surface area (Å²) in [7, 11) is 2.02. The van der Waals surface area contributed by atoms with Crippen LogP contribution in [0.5, 0.6) is 0 Å². The Morgan fingerprint density at radius 1 is 1.11 bits per heavy atom. The van der Waals surface area contributed by atoms with E-state index in [1.54, 1.807) is 0 Å². The maximum absolute atomic E-state index is 3.44. The average molecular weight is 379 g/mol. The molecule has 1 N–H and O–H groups in total. The summed E-state index contributed by atoms with van der Waals surface area (Å²) in [6, 6.07) is 17.5. The van der Waals surface area contributed by atoms with Crippen molar-refractivity contribution in [2.75, 3.05) is 7.05 Å². The first-order valence-electron chi connectivity index (χ1n) is 6.18. The summed E-state index contributed by atoms with van der Waals surface area (Å²) in [5, 5.41) is 7.07. The summed E-state index contributed by atoms with van der Waals surface area (Å²) in [6.07, 6.45) is 0. The van der Waals surface area contributed by atoms with Crippen molar-refractivity contribution in [3.63, 3.8) is 0 Å². The maximum atomic E-state index is 3.44. The molecule has 2 aromatic carbocycles. The minimum absolute atomic E-state index is 0.255. The standard InChI is InChI=1S/C16H14INS/c1-18-16(11-5-4-6-12(17)9-11)14-10-19-15-8-3-2-7-13(14)15/h2-10,16,18H,1H3. The normalized spacial score (nSPS) is 12.7. The molecule has 0 aliphatic heterocycles. The van der Waals surface area contributed by atoms with Gasteiger partial charge in [-0.2, -0.15) is 0 Å². The Labute approximate surface area is 130 Å². The largest absolute Gasteiger partial charge is 0.309 e. The number of thiophene rings is 1. The van der Waals surface area contributed by atoms with Crippen LogP contribution in [0.3, 0.4) is 0 Å². The summed E-state index contributed by atoms with van der Waals surface area (Å²) in [5.74, 6) is 0. The number of hydrogen-bond donors (Lipinski definition) is 1. The minimum atomic E-state index is 0.255. The molecule has 0 spiro atoms. The lowest BCUT2D eigenvalue weighted by Crippen LogP contribution is -2.17. The van der Waals surface area contributed by atoms with Crippen LogP contribution in [0.15, 0.2) is 53.9 Å². The predicted molar refractivity (Wildman–Crippen MR) is 91.9 cm³/mol. The zero-order valence-electron chi connectivity index (χ0n) is 10.6. The monoisotopic (exact) mass is 379 g/mol. The number of hydrogen-bond acceptors (Lipinski definition) is 2. The quantitative estimate of drug-likeness (QED) is 0.644. The predicted octanol–water partition coefficient (Wildman–Crippen LogP) is 4.81. The molecule has 0 amide bonds. The van der Waals surface area contributed by atoms with Gasteiger partial charge in [-0.25, -0.2) is 0 Å². The summed E-state index contributed by atoms with van der Waals surface area (Å²) in [4.78, 5) is 0. The third-order valence-corrected chi connectivity index (χ3v) is 4.95. The van der Waals surface area contributed by atoms with Crippen LogP contribution in [0, 0.1) is 3.57 Å². The van der Waals surface area contributed by atoms with Gasteiger partial charge in [-0.1, -0.05) is 30.3 Å². The molecule has 1 aromatic heterocycles.